The van der Waals surface area contributed by atoms with Gasteiger partial charge in [0.15, 0.2) is 0 Å². The van der Waals surface area contributed by atoms with Gasteiger partial charge in [0.05, 0.1) is 0 Å². The fraction of sp³-hybridized carbons (Fsp3) is 0.0588. The first-order valence-electron chi connectivity index (χ1n) is 6.52. The predicted molar refractivity (Wildman–Crippen MR) is 82.1 cm³/mol. The van der Waals surface area contributed by atoms with E-state index in [9.17, 15) is 9.59 Å². The van der Waals surface area contributed by atoms with Crippen LogP contribution in [0.1, 0.15) is 22.8 Å². The number of hydrogen-bond acceptors (Lipinski definition) is 3. The molecule has 2 rings (SSSR count). The van der Waals surface area contributed by atoms with Gasteiger partial charge in [-0.25, -0.2) is 0 Å². The molecular weight excluding hydrogens is 264 g/mol. The summed E-state index contributed by atoms with van der Waals surface area (Å²) in [5.74, 6) is -0.939. The highest BCUT2D eigenvalue weighted by molar-refractivity contribution is 6.12. The Morgan fingerprint density at radius 3 is 1.86 bits per heavy atom. The van der Waals surface area contributed by atoms with Crippen LogP contribution in [0.5, 0.6) is 0 Å². The second-order valence-electron chi connectivity index (χ2n) is 4.55. The minimum absolute atomic E-state index is 0.311. The Balaban J connectivity index is 2.15. The summed E-state index contributed by atoms with van der Waals surface area (Å²) < 4.78 is 0. The fourth-order valence-corrected chi connectivity index (χ4v) is 1.82. The van der Waals surface area contributed by atoms with Crippen molar-refractivity contribution >= 4 is 17.5 Å². The molecule has 106 valence electrons. The van der Waals surface area contributed by atoms with Crippen molar-refractivity contribution in [2.24, 2.45) is 5.73 Å². The molecule has 0 saturated heterocycles. The lowest BCUT2D eigenvalue weighted by molar-refractivity contribution is -0.116. The Hall–Kier alpha value is -2.88. The molecule has 0 bridgehead atoms. The van der Waals surface area contributed by atoms with Gasteiger partial charge in [-0.05, 0) is 24.6 Å². The maximum atomic E-state index is 12.1. The van der Waals surface area contributed by atoms with Crippen molar-refractivity contribution in [3.8, 4) is 0 Å². The van der Waals surface area contributed by atoms with E-state index < -0.39 is 11.8 Å². The molecule has 0 fully saturated rings. The molecule has 0 spiro atoms. The minimum Gasteiger partial charge on any atom is -0.398 e. The van der Waals surface area contributed by atoms with Crippen LogP contribution in [-0.4, -0.2) is 11.8 Å². The number of nitrogens with two attached hydrogens (primary N) is 1. The number of carbonyl (C=O) groups is 2. The maximum absolute atomic E-state index is 12.1. The highest BCUT2D eigenvalue weighted by Crippen LogP contribution is 2.13. The molecule has 3 N–H and O–H groups in total. The van der Waals surface area contributed by atoms with E-state index in [4.69, 9.17) is 5.73 Å². The average molecular weight is 280 g/mol. The van der Waals surface area contributed by atoms with Crippen molar-refractivity contribution < 1.29 is 9.59 Å². The summed E-state index contributed by atoms with van der Waals surface area (Å²) in [6.45, 7) is 1.59. The quantitative estimate of drug-likeness (QED) is 0.848. The molecule has 0 radical (unpaired) electrons. The van der Waals surface area contributed by atoms with Crippen molar-refractivity contribution in [1.29, 1.82) is 0 Å². The third-order valence-electron chi connectivity index (χ3n) is 3.09. The Labute approximate surface area is 123 Å². The molecule has 0 atom stereocenters. The van der Waals surface area contributed by atoms with Crippen LogP contribution in [0.15, 0.2) is 66.2 Å². The zero-order valence-electron chi connectivity index (χ0n) is 11.7. The van der Waals surface area contributed by atoms with Crippen molar-refractivity contribution in [1.82, 2.24) is 5.32 Å². The number of carbonyl (C=O) groups excluding carboxylic acids is 2. The van der Waals surface area contributed by atoms with Gasteiger partial charge in [0.2, 0.25) is 0 Å². The molecule has 0 aliphatic carbocycles. The zero-order valence-corrected chi connectivity index (χ0v) is 11.7. The van der Waals surface area contributed by atoms with Crippen LogP contribution in [0.3, 0.4) is 0 Å². The van der Waals surface area contributed by atoms with Gasteiger partial charge in [0.1, 0.15) is 0 Å². The van der Waals surface area contributed by atoms with Crippen molar-refractivity contribution in [2.75, 3.05) is 0 Å². The van der Waals surface area contributed by atoms with Gasteiger partial charge in [-0.2, -0.15) is 0 Å². The van der Waals surface area contributed by atoms with Crippen LogP contribution in [0.4, 0.5) is 0 Å². The van der Waals surface area contributed by atoms with Gasteiger partial charge < -0.3 is 5.73 Å². The summed E-state index contributed by atoms with van der Waals surface area (Å²) in [5.41, 5.74) is 7.80. The highest BCUT2D eigenvalue weighted by Gasteiger charge is 2.14. The number of amides is 2. The second kappa shape index (κ2) is 6.52. The van der Waals surface area contributed by atoms with Gasteiger partial charge in [0, 0.05) is 16.8 Å². The van der Waals surface area contributed by atoms with Crippen molar-refractivity contribution in [2.45, 2.75) is 6.92 Å². The number of imide groups is 1. The van der Waals surface area contributed by atoms with E-state index in [0.717, 1.165) is 5.56 Å². The Bertz CT molecular complexity index is 676. The summed E-state index contributed by atoms with van der Waals surface area (Å²) in [7, 11) is 0. The Morgan fingerprint density at radius 2 is 1.33 bits per heavy atom. The third kappa shape index (κ3) is 3.57. The smallest absolute Gasteiger partial charge is 0.258 e. The molecule has 0 aromatic heterocycles. The standard InChI is InChI=1S/C17H16N2O2/c1-12(15(18)13-8-4-2-5-9-13)16(20)19-17(21)14-10-6-3-7-11-14/h2-11H,18H2,1H3,(H,19,20,21)/b15-12-. The molecule has 2 amide bonds. The first kappa shape index (κ1) is 14.5. The molecule has 4 nitrogen and oxygen atoms in total. The molecule has 2 aromatic carbocycles. The predicted octanol–water partition coefficient (Wildman–Crippen LogP) is 2.33. The molecule has 4 heteroatoms. The van der Waals surface area contributed by atoms with Gasteiger partial charge in [0.25, 0.3) is 11.8 Å². The van der Waals surface area contributed by atoms with E-state index in [-0.39, 0.29) is 0 Å². The second-order valence-corrected chi connectivity index (χ2v) is 4.55. The average Bonchev–Trinajstić information content (AvgIpc) is 2.55. The van der Waals surface area contributed by atoms with E-state index >= 15 is 0 Å². The SMILES string of the molecule is C/C(C(=O)NC(=O)c1ccccc1)=C(/N)c1ccccc1. The number of rotatable bonds is 3. The monoisotopic (exact) mass is 280 g/mol. The molecule has 0 unspecified atom stereocenters. The molecule has 0 aliphatic heterocycles. The normalized spacial score (nSPS) is 11.5. The minimum atomic E-state index is -0.495. The lowest BCUT2D eigenvalue weighted by atomic mass is 10.1. The van der Waals surface area contributed by atoms with E-state index in [2.05, 4.69) is 5.32 Å². The fourth-order valence-electron chi connectivity index (χ4n) is 1.82. The van der Waals surface area contributed by atoms with Crippen LogP contribution in [0.25, 0.3) is 5.70 Å². The molecule has 2 aromatic rings. The molecule has 0 saturated carbocycles. The Kier molecular flexibility index (Phi) is 4.51. The summed E-state index contributed by atoms with van der Waals surface area (Å²) in [6.07, 6.45) is 0. The van der Waals surface area contributed by atoms with Gasteiger partial charge in [-0.15, -0.1) is 0 Å². The van der Waals surface area contributed by atoms with Gasteiger partial charge >= 0.3 is 0 Å². The van der Waals surface area contributed by atoms with E-state index in [1.807, 2.05) is 30.3 Å². The van der Waals surface area contributed by atoms with Gasteiger partial charge in [-0.1, -0.05) is 48.5 Å². The van der Waals surface area contributed by atoms with Crippen LogP contribution in [-0.2, 0) is 4.79 Å². The van der Waals surface area contributed by atoms with E-state index in [0.29, 0.717) is 16.8 Å². The van der Waals surface area contributed by atoms with Crippen LogP contribution >= 0.6 is 0 Å². The number of benzene rings is 2. The first-order valence-corrected chi connectivity index (χ1v) is 6.52. The highest BCUT2D eigenvalue weighted by atomic mass is 16.2. The summed E-state index contributed by atoms with van der Waals surface area (Å²) in [4.78, 5) is 24.0. The van der Waals surface area contributed by atoms with Crippen LogP contribution in [0.2, 0.25) is 0 Å². The third-order valence-corrected chi connectivity index (χ3v) is 3.09. The number of nitrogens with one attached hydrogen (secondary N) is 1. The summed E-state index contributed by atoms with van der Waals surface area (Å²) in [6, 6.07) is 17.7. The van der Waals surface area contributed by atoms with Crippen molar-refractivity contribution in [3.63, 3.8) is 0 Å². The largest absolute Gasteiger partial charge is 0.398 e. The lowest BCUT2D eigenvalue weighted by Crippen LogP contribution is -2.32. The van der Waals surface area contributed by atoms with Crippen LogP contribution < -0.4 is 11.1 Å². The first-order chi connectivity index (χ1) is 10.1. The van der Waals surface area contributed by atoms with Crippen molar-refractivity contribution in [3.05, 3.63) is 77.4 Å². The number of hydrogen-bond donors (Lipinski definition) is 2. The zero-order chi connectivity index (χ0) is 15.2. The molecule has 0 aliphatic rings. The van der Waals surface area contributed by atoms with E-state index in [1.165, 1.54) is 0 Å². The summed E-state index contributed by atoms with van der Waals surface area (Å²) in [5, 5.41) is 2.33. The topological polar surface area (TPSA) is 72.2 Å². The van der Waals surface area contributed by atoms with Crippen LogP contribution in [0, 0.1) is 0 Å². The summed E-state index contributed by atoms with van der Waals surface area (Å²) >= 11 is 0. The lowest BCUT2D eigenvalue weighted by Gasteiger charge is -2.08. The Morgan fingerprint density at radius 1 is 0.857 bits per heavy atom. The molecular formula is C17H16N2O2. The molecule has 0 heterocycles. The maximum Gasteiger partial charge on any atom is 0.258 e. The van der Waals surface area contributed by atoms with E-state index in [1.54, 1.807) is 37.3 Å². The molecule has 21 heavy (non-hydrogen) atoms. The van der Waals surface area contributed by atoms with Gasteiger partial charge in [-0.3, -0.25) is 14.9 Å².